The van der Waals surface area contributed by atoms with E-state index in [1.54, 1.807) is 47.4 Å². The van der Waals surface area contributed by atoms with Crippen LogP contribution in [0.5, 0.6) is 0 Å². The molecule has 1 fully saturated rings. The third kappa shape index (κ3) is 4.74. The van der Waals surface area contributed by atoms with Crippen molar-refractivity contribution in [3.05, 3.63) is 99.4 Å². The van der Waals surface area contributed by atoms with Gasteiger partial charge in [0.1, 0.15) is 11.5 Å². The van der Waals surface area contributed by atoms with Crippen LogP contribution in [0.2, 0.25) is 15.1 Å². The van der Waals surface area contributed by atoms with Crippen LogP contribution >= 0.6 is 34.8 Å². The maximum atomic E-state index is 14.5. The van der Waals surface area contributed by atoms with Crippen molar-refractivity contribution in [2.75, 3.05) is 31.1 Å². The van der Waals surface area contributed by atoms with Gasteiger partial charge in [-0.25, -0.2) is 9.07 Å². The Hall–Kier alpha value is -3.06. The molecule has 178 valence electrons. The second-order valence-corrected chi connectivity index (χ2v) is 9.36. The van der Waals surface area contributed by atoms with Gasteiger partial charge in [0.25, 0.3) is 5.91 Å². The fraction of sp³-hybridized carbons (Fsp3) is 0.154. The largest absolute Gasteiger partial charge is 0.367 e. The van der Waals surface area contributed by atoms with Gasteiger partial charge in [-0.3, -0.25) is 4.79 Å². The smallest absolute Gasteiger partial charge is 0.272 e. The summed E-state index contributed by atoms with van der Waals surface area (Å²) in [7, 11) is 0. The zero-order chi connectivity index (χ0) is 24.5. The Kier molecular flexibility index (Phi) is 6.69. The Morgan fingerprint density at radius 2 is 1.51 bits per heavy atom. The molecule has 5 nitrogen and oxygen atoms in total. The predicted molar refractivity (Wildman–Crippen MR) is 139 cm³/mol. The Morgan fingerprint density at radius 3 is 2.23 bits per heavy atom. The monoisotopic (exact) mass is 528 g/mol. The minimum Gasteiger partial charge on any atom is -0.367 e. The summed E-state index contributed by atoms with van der Waals surface area (Å²) in [5.41, 5.74) is 2.48. The normalized spacial score (nSPS) is 13.8. The fourth-order valence-electron chi connectivity index (χ4n) is 4.17. The average molecular weight is 530 g/mol. The van der Waals surface area contributed by atoms with Crippen LogP contribution in [0.3, 0.4) is 0 Å². The van der Waals surface area contributed by atoms with E-state index in [4.69, 9.17) is 34.8 Å². The van der Waals surface area contributed by atoms with Crippen molar-refractivity contribution in [3.8, 4) is 16.9 Å². The molecule has 3 aromatic carbocycles. The van der Waals surface area contributed by atoms with E-state index >= 15 is 0 Å². The van der Waals surface area contributed by atoms with Gasteiger partial charge in [-0.15, -0.1) is 0 Å². The number of amides is 1. The van der Waals surface area contributed by atoms with E-state index in [9.17, 15) is 9.18 Å². The van der Waals surface area contributed by atoms with Crippen LogP contribution < -0.4 is 4.90 Å². The first-order chi connectivity index (χ1) is 16.9. The highest BCUT2D eigenvalue weighted by molar-refractivity contribution is 6.42. The molecule has 0 atom stereocenters. The number of anilines is 1. The van der Waals surface area contributed by atoms with Crippen LogP contribution in [0, 0.1) is 5.82 Å². The Morgan fingerprint density at radius 1 is 0.800 bits per heavy atom. The number of aromatic nitrogens is 2. The van der Waals surface area contributed by atoms with Crippen LogP contribution in [-0.4, -0.2) is 46.8 Å². The van der Waals surface area contributed by atoms with Crippen molar-refractivity contribution < 1.29 is 9.18 Å². The Labute approximate surface area is 217 Å². The third-order valence-corrected chi connectivity index (χ3v) is 7.04. The Balaban J connectivity index is 1.47. The molecule has 0 N–H and O–H groups in total. The quantitative estimate of drug-likeness (QED) is 0.299. The SMILES string of the molecule is O=C(c1cc(-c2ccccc2F)nn1-c1ccc(Cl)c(Cl)c1)N1CCN(c2ccccc2Cl)CC1. The number of halogens is 4. The molecule has 1 saturated heterocycles. The molecule has 0 radical (unpaired) electrons. The van der Waals surface area contributed by atoms with Gasteiger partial charge >= 0.3 is 0 Å². The number of rotatable bonds is 4. The van der Waals surface area contributed by atoms with Gasteiger partial charge in [0, 0.05) is 31.7 Å². The summed E-state index contributed by atoms with van der Waals surface area (Å²) in [6, 6.07) is 20.6. The summed E-state index contributed by atoms with van der Waals surface area (Å²) in [5, 5.41) is 5.97. The van der Waals surface area contributed by atoms with Crippen LogP contribution in [0.15, 0.2) is 72.8 Å². The molecule has 5 rings (SSSR count). The van der Waals surface area contributed by atoms with Gasteiger partial charge in [0.2, 0.25) is 0 Å². The maximum Gasteiger partial charge on any atom is 0.272 e. The number of para-hydroxylation sites is 1. The summed E-state index contributed by atoms with van der Waals surface area (Å²) >= 11 is 18.7. The summed E-state index contributed by atoms with van der Waals surface area (Å²) in [4.78, 5) is 17.6. The molecular formula is C26H20Cl3FN4O. The van der Waals surface area contributed by atoms with E-state index in [0.29, 0.717) is 63.9 Å². The van der Waals surface area contributed by atoms with E-state index in [1.807, 2.05) is 24.3 Å². The number of carbonyl (C=O) groups is 1. The first-order valence-corrected chi connectivity index (χ1v) is 12.1. The van der Waals surface area contributed by atoms with Crippen LogP contribution in [0.25, 0.3) is 16.9 Å². The number of hydrogen-bond acceptors (Lipinski definition) is 3. The maximum absolute atomic E-state index is 14.5. The molecule has 2 heterocycles. The number of benzene rings is 3. The number of hydrogen-bond donors (Lipinski definition) is 0. The average Bonchev–Trinajstić information content (AvgIpc) is 3.31. The van der Waals surface area contributed by atoms with Gasteiger partial charge in [-0.05, 0) is 48.5 Å². The lowest BCUT2D eigenvalue weighted by Gasteiger charge is -2.36. The van der Waals surface area contributed by atoms with Crippen LogP contribution in [0.1, 0.15) is 10.5 Å². The molecule has 1 aliphatic heterocycles. The molecule has 0 spiro atoms. The molecule has 0 bridgehead atoms. The first kappa shape index (κ1) is 23.7. The van der Waals surface area contributed by atoms with E-state index in [-0.39, 0.29) is 5.91 Å². The number of carbonyl (C=O) groups excluding carboxylic acids is 1. The molecule has 4 aromatic rings. The zero-order valence-corrected chi connectivity index (χ0v) is 20.7. The first-order valence-electron chi connectivity index (χ1n) is 11.0. The van der Waals surface area contributed by atoms with Crippen molar-refractivity contribution in [1.82, 2.24) is 14.7 Å². The van der Waals surface area contributed by atoms with E-state index in [0.717, 1.165) is 5.69 Å². The minimum absolute atomic E-state index is 0.204. The summed E-state index contributed by atoms with van der Waals surface area (Å²) in [6.07, 6.45) is 0. The standard InChI is InChI=1S/C26H20Cl3FN4O/c27-19-10-9-17(15-21(19)29)34-25(16-23(31-34)18-5-1-3-7-22(18)30)26(35)33-13-11-32(12-14-33)24-8-4-2-6-20(24)28/h1-10,15-16H,11-14H2. The molecule has 1 aliphatic rings. The molecule has 1 aromatic heterocycles. The van der Waals surface area contributed by atoms with Crippen molar-refractivity contribution in [3.63, 3.8) is 0 Å². The second-order valence-electron chi connectivity index (χ2n) is 8.14. The summed E-state index contributed by atoms with van der Waals surface area (Å²) in [5.74, 6) is -0.622. The summed E-state index contributed by atoms with van der Waals surface area (Å²) < 4.78 is 16.0. The molecule has 0 saturated carbocycles. The van der Waals surface area contributed by atoms with Crippen molar-refractivity contribution >= 4 is 46.4 Å². The zero-order valence-electron chi connectivity index (χ0n) is 18.5. The predicted octanol–water partition coefficient (Wildman–Crippen LogP) is 6.60. The fourth-order valence-corrected chi connectivity index (χ4v) is 4.72. The Bertz CT molecular complexity index is 1400. The van der Waals surface area contributed by atoms with Crippen LogP contribution in [-0.2, 0) is 0 Å². The lowest BCUT2D eigenvalue weighted by atomic mass is 10.1. The molecule has 35 heavy (non-hydrogen) atoms. The summed E-state index contributed by atoms with van der Waals surface area (Å²) in [6.45, 7) is 2.28. The molecule has 1 amide bonds. The van der Waals surface area contributed by atoms with Gasteiger partial charge in [-0.2, -0.15) is 5.10 Å². The minimum atomic E-state index is -0.418. The highest BCUT2D eigenvalue weighted by Gasteiger charge is 2.27. The highest BCUT2D eigenvalue weighted by atomic mass is 35.5. The van der Waals surface area contributed by atoms with Crippen molar-refractivity contribution in [1.29, 1.82) is 0 Å². The topological polar surface area (TPSA) is 41.4 Å². The van der Waals surface area contributed by atoms with E-state index < -0.39 is 5.82 Å². The third-order valence-electron chi connectivity index (χ3n) is 5.99. The molecular weight excluding hydrogens is 510 g/mol. The second kappa shape index (κ2) is 9.90. The van der Waals surface area contributed by atoms with Crippen molar-refractivity contribution in [2.45, 2.75) is 0 Å². The number of piperazine rings is 1. The molecule has 0 aliphatic carbocycles. The lowest BCUT2D eigenvalue weighted by molar-refractivity contribution is 0.0737. The highest BCUT2D eigenvalue weighted by Crippen LogP contribution is 2.30. The van der Waals surface area contributed by atoms with Gasteiger partial charge in [-0.1, -0.05) is 59.1 Å². The van der Waals surface area contributed by atoms with Crippen molar-refractivity contribution in [2.24, 2.45) is 0 Å². The van der Waals surface area contributed by atoms with E-state index in [1.165, 1.54) is 10.7 Å². The van der Waals surface area contributed by atoms with Gasteiger partial charge in [0.15, 0.2) is 0 Å². The van der Waals surface area contributed by atoms with Gasteiger partial charge < -0.3 is 9.80 Å². The van der Waals surface area contributed by atoms with Crippen LogP contribution in [0.4, 0.5) is 10.1 Å². The molecule has 9 heteroatoms. The van der Waals surface area contributed by atoms with Gasteiger partial charge in [0.05, 0.1) is 32.1 Å². The number of nitrogens with zero attached hydrogens (tertiary/aromatic N) is 4. The molecule has 0 unspecified atom stereocenters. The van der Waals surface area contributed by atoms with E-state index in [2.05, 4.69) is 10.00 Å². The lowest BCUT2D eigenvalue weighted by Crippen LogP contribution is -2.49.